The van der Waals surface area contributed by atoms with E-state index in [9.17, 15) is 8.42 Å². The number of sulfonamides is 1. The summed E-state index contributed by atoms with van der Waals surface area (Å²) in [6, 6.07) is 1.28. The third kappa shape index (κ3) is 3.58. The zero-order valence-electron chi connectivity index (χ0n) is 10.3. The van der Waals surface area contributed by atoms with Gasteiger partial charge in [-0.3, -0.25) is 0 Å². The van der Waals surface area contributed by atoms with Crippen molar-refractivity contribution in [2.75, 3.05) is 13.2 Å². The molecule has 0 bridgehead atoms. The van der Waals surface area contributed by atoms with Crippen LogP contribution in [-0.2, 0) is 14.8 Å². The summed E-state index contributed by atoms with van der Waals surface area (Å²) in [7, 11) is -3.69. The highest BCUT2D eigenvalue weighted by Crippen LogP contribution is 2.25. The molecule has 2 rings (SSSR count). The summed E-state index contributed by atoms with van der Waals surface area (Å²) in [5.41, 5.74) is -0.608. The maximum absolute atomic E-state index is 12.3. The first-order valence-electron chi connectivity index (χ1n) is 5.75. The largest absolute Gasteiger partial charge is 0.380 e. The van der Waals surface area contributed by atoms with E-state index in [4.69, 9.17) is 27.9 Å². The van der Waals surface area contributed by atoms with Crippen LogP contribution >= 0.6 is 23.2 Å². The number of aromatic nitrogens is 1. The number of ether oxygens (including phenoxy) is 1. The normalized spacial score (nSPS) is 24.4. The van der Waals surface area contributed by atoms with Gasteiger partial charge in [-0.05, 0) is 25.8 Å². The zero-order valence-corrected chi connectivity index (χ0v) is 12.6. The van der Waals surface area contributed by atoms with Gasteiger partial charge in [0.1, 0.15) is 10.0 Å². The SMILES string of the molecule is CC1(NS(=O)(=O)c2cnc(Cl)c(Cl)c2)CCCOC1. The molecule has 0 aliphatic carbocycles. The summed E-state index contributed by atoms with van der Waals surface area (Å²) in [4.78, 5) is 3.74. The molecule has 1 aliphatic heterocycles. The van der Waals surface area contributed by atoms with E-state index in [0.29, 0.717) is 13.2 Å². The summed E-state index contributed by atoms with van der Waals surface area (Å²) in [5, 5.41) is 0.183. The monoisotopic (exact) mass is 324 g/mol. The van der Waals surface area contributed by atoms with Crippen LogP contribution in [-0.4, -0.2) is 32.2 Å². The van der Waals surface area contributed by atoms with Crippen LogP contribution in [0.5, 0.6) is 0 Å². The van der Waals surface area contributed by atoms with Gasteiger partial charge < -0.3 is 4.74 Å². The van der Waals surface area contributed by atoms with Crippen molar-refractivity contribution < 1.29 is 13.2 Å². The summed E-state index contributed by atoms with van der Waals surface area (Å²) in [5.74, 6) is 0. The Morgan fingerprint density at radius 2 is 2.21 bits per heavy atom. The minimum atomic E-state index is -3.69. The van der Waals surface area contributed by atoms with Crippen molar-refractivity contribution in [1.82, 2.24) is 9.71 Å². The van der Waals surface area contributed by atoms with Gasteiger partial charge in [-0.25, -0.2) is 18.1 Å². The third-order valence-corrected chi connectivity index (χ3v) is 5.19. The van der Waals surface area contributed by atoms with E-state index in [2.05, 4.69) is 9.71 Å². The molecule has 1 saturated heterocycles. The Hall–Kier alpha value is -0.400. The number of hydrogen-bond donors (Lipinski definition) is 1. The predicted molar refractivity (Wildman–Crippen MR) is 73.0 cm³/mol. The zero-order chi connectivity index (χ0) is 14.1. The van der Waals surface area contributed by atoms with Crippen LogP contribution < -0.4 is 4.72 Å². The number of hydrogen-bond acceptors (Lipinski definition) is 4. The highest BCUT2D eigenvalue weighted by molar-refractivity contribution is 7.89. The fourth-order valence-corrected chi connectivity index (χ4v) is 3.67. The van der Waals surface area contributed by atoms with Crippen molar-refractivity contribution in [2.45, 2.75) is 30.2 Å². The van der Waals surface area contributed by atoms with Crippen molar-refractivity contribution in [2.24, 2.45) is 0 Å². The molecule has 1 atom stereocenters. The molecular formula is C11H14Cl2N2O3S. The third-order valence-electron chi connectivity index (χ3n) is 2.90. The second kappa shape index (κ2) is 5.54. The standard InChI is InChI=1S/C11H14Cl2N2O3S/c1-11(3-2-4-18-7-11)15-19(16,17)8-5-9(12)10(13)14-6-8/h5-6,15H,2-4,7H2,1H3. The van der Waals surface area contributed by atoms with Crippen LogP contribution in [0, 0.1) is 0 Å². The second-order valence-corrected chi connectivity index (χ2v) is 7.21. The van der Waals surface area contributed by atoms with Crippen LogP contribution in [0.2, 0.25) is 10.2 Å². The molecule has 106 valence electrons. The van der Waals surface area contributed by atoms with Gasteiger partial charge in [0, 0.05) is 12.8 Å². The molecule has 1 N–H and O–H groups in total. The van der Waals surface area contributed by atoms with Gasteiger partial charge in [0.15, 0.2) is 0 Å². The highest BCUT2D eigenvalue weighted by atomic mass is 35.5. The first-order valence-corrected chi connectivity index (χ1v) is 7.99. The summed E-state index contributed by atoms with van der Waals surface area (Å²) < 4.78 is 32.5. The maximum atomic E-state index is 12.3. The number of halogens is 2. The predicted octanol–water partition coefficient (Wildman–Crippen LogP) is 2.24. The van der Waals surface area contributed by atoms with Gasteiger partial charge in [0.2, 0.25) is 10.0 Å². The highest BCUT2D eigenvalue weighted by Gasteiger charge is 2.33. The Balaban J connectivity index is 2.24. The lowest BCUT2D eigenvalue weighted by Gasteiger charge is -2.33. The molecule has 19 heavy (non-hydrogen) atoms. The summed E-state index contributed by atoms with van der Waals surface area (Å²) >= 11 is 11.5. The quantitative estimate of drug-likeness (QED) is 0.866. The average Bonchev–Trinajstić information content (AvgIpc) is 2.32. The summed E-state index contributed by atoms with van der Waals surface area (Å²) in [6.07, 6.45) is 2.73. The fraction of sp³-hybridized carbons (Fsp3) is 0.545. The van der Waals surface area contributed by atoms with Gasteiger partial charge in [-0.2, -0.15) is 0 Å². The molecule has 1 aliphatic rings. The number of rotatable bonds is 3. The van der Waals surface area contributed by atoms with Crippen LogP contribution in [0.4, 0.5) is 0 Å². The molecule has 0 aromatic carbocycles. The van der Waals surface area contributed by atoms with Crippen molar-refractivity contribution in [3.8, 4) is 0 Å². The molecule has 0 radical (unpaired) electrons. The van der Waals surface area contributed by atoms with Gasteiger partial charge in [-0.15, -0.1) is 0 Å². The first kappa shape index (κ1) is 15.0. The van der Waals surface area contributed by atoms with E-state index in [1.807, 2.05) is 6.92 Å². The molecule has 1 unspecified atom stereocenters. The Kier molecular flexibility index (Phi) is 4.37. The van der Waals surface area contributed by atoms with Crippen molar-refractivity contribution >= 4 is 33.2 Å². The van der Waals surface area contributed by atoms with E-state index in [0.717, 1.165) is 12.8 Å². The topological polar surface area (TPSA) is 68.3 Å². The molecular weight excluding hydrogens is 311 g/mol. The van der Waals surface area contributed by atoms with Crippen LogP contribution in [0.3, 0.4) is 0 Å². The van der Waals surface area contributed by atoms with Crippen LogP contribution in [0.25, 0.3) is 0 Å². The Morgan fingerprint density at radius 1 is 1.47 bits per heavy atom. The Bertz CT molecular complexity index is 571. The van der Waals surface area contributed by atoms with Gasteiger partial charge >= 0.3 is 0 Å². The second-order valence-electron chi connectivity index (χ2n) is 4.77. The van der Waals surface area contributed by atoms with Gasteiger partial charge in [-0.1, -0.05) is 23.2 Å². The molecule has 8 heteroatoms. The number of nitrogens with one attached hydrogen (secondary N) is 1. The van der Waals surface area contributed by atoms with Crippen molar-refractivity contribution in [1.29, 1.82) is 0 Å². The molecule has 5 nitrogen and oxygen atoms in total. The molecule has 1 aromatic heterocycles. The van der Waals surface area contributed by atoms with E-state index < -0.39 is 15.6 Å². The van der Waals surface area contributed by atoms with Crippen molar-refractivity contribution in [3.05, 3.63) is 22.4 Å². The van der Waals surface area contributed by atoms with E-state index in [-0.39, 0.29) is 15.1 Å². The van der Waals surface area contributed by atoms with Crippen LogP contribution in [0.15, 0.2) is 17.2 Å². The molecule has 1 fully saturated rings. The minimum Gasteiger partial charge on any atom is -0.380 e. The summed E-state index contributed by atoms with van der Waals surface area (Å²) in [6.45, 7) is 2.82. The van der Waals surface area contributed by atoms with Gasteiger partial charge in [0.05, 0.1) is 17.2 Å². The van der Waals surface area contributed by atoms with E-state index in [1.165, 1.54) is 12.3 Å². The number of pyridine rings is 1. The lowest BCUT2D eigenvalue weighted by molar-refractivity contribution is 0.0386. The van der Waals surface area contributed by atoms with Crippen molar-refractivity contribution in [3.63, 3.8) is 0 Å². The average molecular weight is 325 g/mol. The van der Waals surface area contributed by atoms with Crippen LogP contribution in [0.1, 0.15) is 19.8 Å². The number of nitrogens with zero attached hydrogens (tertiary/aromatic N) is 1. The maximum Gasteiger partial charge on any atom is 0.242 e. The smallest absolute Gasteiger partial charge is 0.242 e. The fourth-order valence-electron chi connectivity index (χ4n) is 1.95. The van der Waals surface area contributed by atoms with Gasteiger partial charge in [0.25, 0.3) is 0 Å². The molecule has 2 heterocycles. The van der Waals surface area contributed by atoms with E-state index in [1.54, 1.807) is 0 Å². The Morgan fingerprint density at radius 3 is 2.79 bits per heavy atom. The van der Waals surface area contributed by atoms with E-state index >= 15 is 0 Å². The molecule has 0 saturated carbocycles. The lowest BCUT2D eigenvalue weighted by atomic mass is 9.97. The molecule has 0 spiro atoms. The molecule has 0 amide bonds. The molecule has 1 aromatic rings. The minimum absolute atomic E-state index is 0.00583. The first-order chi connectivity index (χ1) is 8.82. The Labute approximate surface area is 122 Å². The lowest BCUT2D eigenvalue weighted by Crippen LogP contribution is -2.51.